The van der Waals surface area contributed by atoms with Crippen LogP contribution in [0.25, 0.3) is 22.3 Å². The van der Waals surface area contributed by atoms with E-state index in [1.165, 1.54) is 0 Å². The quantitative estimate of drug-likeness (QED) is 0.678. The fraction of sp³-hybridized carbons (Fsp3) is 0.125. The first-order valence-corrected chi connectivity index (χ1v) is 6.63. The molecule has 1 unspecified atom stereocenters. The van der Waals surface area contributed by atoms with Gasteiger partial charge in [-0.2, -0.15) is 0 Å². The van der Waals surface area contributed by atoms with Gasteiger partial charge in [-0.05, 0) is 31.2 Å². The zero-order chi connectivity index (χ0) is 13.7. The molecule has 0 fully saturated rings. The molecule has 0 saturated carbocycles. The molecular formula is C16H13N3O. The minimum absolute atomic E-state index is 0.0000954. The molecule has 1 N–H and O–H groups in total. The van der Waals surface area contributed by atoms with E-state index in [-0.39, 0.29) is 11.7 Å². The van der Waals surface area contributed by atoms with Crippen molar-refractivity contribution in [1.82, 2.24) is 9.55 Å². The molecule has 2 aromatic carbocycles. The van der Waals surface area contributed by atoms with Crippen LogP contribution < -0.4 is 10.9 Å². The van der Waals surface area contributed by atoms with Crippen molar-refractivity contribution in [2.24, 2.45) is 0 Å². The number of hydrogen-bond acceptors (Lipinski definition) is 3. The maximum absolute atomic E-state index is 12.7. The van der Waals surface area contributed by atoms with E-state index >= 15 is 0 Å². The third-order valence-corrected chi connectivity index (χ3v) is 3.73. The molecule has 4 rings (SSSR count). The molecule has 1 atom stereocenters. The van der Waals surface area contributed by atoms with Gasteiger partial charge in [0, 0.05) is 11.3 Å². The van der Waals surface area contributed by atoms with Crippen LogP contribution >= 0.6 is 0 Å². The normalized spacial score (nSPS) is 16.4. The Labute approximate surface area is 115 Å². The van der Waals surface area contributed by atoms with E-state index in [4.69, 9.17) is 4.98 Å². The SMILES string of the molecule is CC1Nc2ccccc2-c2nc3ccccc3c(=O)n21. The number of nitrogens with zero attached hydrogens (tertiary/aromatic N) is 2. The van der Waals surface area contributed by atoms with Crippen LogP contribution in [0, 0.1) is 0 Å². The molecule has 98 valence electrons. The van der Waals surface area contributed by atoms with Crippen molar-refractivity contribution in [3.63, 3.8) is 0 Å². The summed E-state index contributed by atoms with van der Waals surface area (Å²) in [4.78, 5) is 17.4. The Morgan fingerprint density at radius 3 is 2.75 bits per heavy atom. The molecule has 1 aliphatic heterocycles. The minimum Gasteiger partial charge on any atom is -0.364 e. The maximum atomic E-state index is 12.7. The minimum atomic E-state index is -0.107. The number of anilines is 1. The van der Waals surface area contributed by atoms with Gasteiger partial charge in [-0.3, -0.25) is 9.36 Å². The van der Waals surface area contributed by atoms with E-state index in [9.17, 15) is 4.79 Å². The van der Waals surface area contributed by atoms with Crippen molar-refractivity contribution in [2.45, 2.75) is 13.1 Å². The average molecular weight is 263 g/mol. The first-order chi connectivity index (χ1) is 9.75. The predicted octanol–water partition coefficient (Wildman–Crippen LogP) is 3.01. The molecule has 0 radical (unpaired) electrons. The fourth-order valence-electron chi connectivity index (χ4n) is 2.79. The third kappa shape index (κ3) is 1.42. The van der Waals surface area contributed by atoms with E-state index in [1.54, 1.807) is 4.57 Å². The van der Waals surface area contributed by atoms with Crippen molar-refractivity contribution in [3.05, 3.63) is 58.9 Å². The van der Waals surface area contributed by atoms with Crippen LogP contribution in [0.5, 0.6) is 0 Å². The monoisotopic (exact) mass is 263 g/mol. The molecule has 4 heteroatoms. The summed E-state index contributed by atoms with van der Waals surface area (Å²) in [6, 6.07) is 15.4. The molecule has 4 nitrogen and oxygen atoms in total. The predicted molar refractivity (Wildman–Crippen MR) is 79.8 cm³/mol. The van der Waals surface area contributed by atoms with Crippen LogP contribution in [0.2, 0.25) is 0 Å². The lowest BCUT2D eigenvalue weighted by molar-refractivity contribution is 0.585. The summed E-state index contributed by atoms with van der Waals surface area (Å²) in [6.07, 6.45) is -0.107. The number of benzene rings is 2. The smallest absolute Gasteiger partial charge is 0.263 e. The lowest BCUT2D eigenvalue weighted by Gasteiger charge is -2.28. The number of rotatable bonds is 0. The van der Waals surface area contributed by atoms with Gasteiger partial charge in [0.1, 0.15) is 12.0 Å². The summed E-state index contributed by atoms with van der Waals surface area (Å²) in [5.74, 6) is 0.732. The summed E-state index contributed by atoms with van der Waals surface area (Å²) in [5.41, 5.74) is 2.73. The Morgan fingerprint density at radius 1 is 1.10 bits per heavy atom. The summed E-state index contributed by atoms with van der Waals surface area (Å²) in [6.45, 7) is 1.97. The Morgan fingerprint density at radius 2 is 1.85 bits per heavy atom. The van der Waals surface area contributed by atoms with Crippen LogP contribution in [-0.4, -0.2) is 9.55 Å². The van der Waals surface area contributed by atoms with Gasteiger partial charge < -0.3 is 5.32 Å². The Bertz CT molecular complexity index is 882. The topological polar surface area (TPSA) is 46.9 Å². The molecule has 0 aliphatic carbocycles. The van der Waals surface area contributed by atoms with Gasteiger partial charge >= 0.3 is 0 Å². The van der Waals surface area contributed by atoms with Crippen LogP contribution in [0.4, 0.5) is 5.69 Å². The third-order valence-electron chi connectivity index (χ3n) is 3.73. The summed E-state index contributed by atoms with van der Waals surface area (Å²) >= 11 is 0. The molecule has 20 heavy (non-hydrogen) atoms. The Kier molecular flexibility index (Phi) is 2.21. The van der Waals surface area contributed by atoms with Gasteiger partial charge in [-0.15, -0.1) is 0 Å². The second kappa shape index (κ2) is 3.93. The van der Waals surface area contributed by atoms with Gasteiger partial charge in [-0.25, -0.2) is 4.98 Å². The van der Waals surface area contributed by atoms with Crippen LogP contribution in [0.3, 0.4) is 0 Å². The fourth-order valence-corrected chi connectivity index (χ4v) is 2.79. The second-order valence-electron chi connectivity index (χ2n) is 4.99. The first-order valence-electron chi connectivity index (χ1n) is 6.63. The highest BCUT2D eigenvalue weighted by atomic mass is 16.1. The zero-order valence-electron chi connectivity index (χ0n) is 11.0. The second-order valence-corrected chi connectivity index (χ2v) is 4.99. The lowest BCUT2D eigenvalue weighted by Crippen LogP contribution is -2.33. The molecule has 0 bridgehead atoms. The van der Waals surface area contributed by atoms with Gasteiger partial charge in [-0.1, -0.05) is 24.3 Å². The van der Waals surface area contributed by atoms with Crippen LogP contribution in [0.15, 0.2) is 53.3 Å². The number of aromatic nitrogens is 2. The molecule has 0 spiro atoms. The van der Waals surface area contributed by atoms with Gasteiger partial charge in [0.05, 0.1) is 10.9 Å². The van der Waals surface area contributed by atoms with Crippen molar-refractivity contribution in [3.8, 4) is 11.4 Å². The zero-order valence-corrected chi connectivity index (χ0v) is 11.0. The number of fused-ring (bicyclic) bond motifs is 4. The highest BCUT2D eigenvalue weighted by Crippen LogP contribution is 2.33. The number of hydrogen-bond donors (Lipinski definition) is 1. The molecule has 1 aromatic heterocycles. The van der Waals surface area contributed by atoms with E-state index in [0.29, 0.717) is 5.39 Å². The molecular weight excluding hydrogens is 250 g/mol. The lowest BCUT2D eigenvalue weighted by atomic mass is 10.1. The van der Waals surface area contributed by atoms with Crippen LogP contribution in [-0.2, 0) is 0 Å². The molecule has 1 aliphatic rings. The molecule has 2 heterocycles. The van der Waals surface area contributed by atoms with E-state index in [2.05, 4.69) is 5.32 Å². The van der Waals surface area contributed by atoms with E-state index < -0.39 is 0 Å². The Hall–Kier alpha value is -2.62. The van der Waals surface area contributed by atoms with E-state index in [1.807, 2.05) is 55.5 Å². The van der Waals surface area contributed by atoms with E-state index in [0.717, 1.165) is 22.6 Å². The number of nitrogens with one attached hydrogen (secondary N) is 1. The summed E-state index contributed by atoms with van der Waals surface area (Å²) in [5, 5.41) is 4.00. The van der Waals surface area contributed by atoms with Crippen LogP contribution in [0.1, 0.15) is 13.1 Å². The van der Waals surface area contributed by atoms with Gasteiger partial charge in [0.2, 0.25) is 0 Å². The molecule has 0 saturated heterocycles. The van der Waals surface area contributed by atoms with Gasteiger partial charge in [0.25, 0.3) is 5.56 Å². The van der Waals surface area contributed by atoms with Gasteiger partial charge in [0.15, 0.2) is 0 Å². The average Bonchev–Trinajstić information content (AvgIpc) is 2.47. The molecule has 3 aromatic rings. The molecule has 0 amide bonds. The van der Waals surface area contributed by atoms with Crippen molar-refractivity contribution >= 4 is 16.6 Å². The highest BCUT2D eigenvalue weighted by Gasteiger charge is 2.23. The van der Waals surface area contributed by atoms with Crippen molar-refractivity contribution in [2.75, 3.05) is 5.32 Å². The van der Waals surface area contributed by atoms with Crippen molar-refractivity contribution in [1.29, 1.82) is 0 Å². The standard InChI is InChI=1S/C16H13N3O/c1-10-17-13-8-4-2-6-11(13)15-18-14-9-5-3-7-12(14)16(20)19(10)15/h2-10,17H,1H3. The maximum Gasteiger partial charge on any atom is 0.263 e. The summed E-state index contributed by atoms with van der Waals surface area (Å²) in [7, 11) is 0. The highest BCUT2D eigenvalue weighted by molar-refractivity contribution is 5.83. The summed E-state index contributed by atoms with van der Waals surface area (Å²) < 4.78 is 1.73. The largest absolute Gasteiger partial charge is 0.364 e. The first kappa shape index (κ1) is 11.2. The Balaban J connectivity index is 2.17. The number of para-hydroxylation sites is 2. The van der Waals surface area contributed by atoms with Crippen molar-refractivity contribution < 1.29 is 0 Å².